The molecule has 0 saturated carbocycles. The van der Waals surface area contributed by atoms with Gasteiger partial charge in [-0.1, -0.05) is 23.7 Å². The number of nitrogens with one attached hydrogen (secondary N) is 1. The fraction of sp³-hybridized carbons (Fsp3) is 0.154. The molecule has 0 fully saturated rings. The number of carbonyl (C=O) groups is 1. The highest BCUT2D eigenvalue weighted by molar-refractivity contribution is 7.93. The van der Waals surface area contributed by atoms with Crippen molar-refractivity contribution in [2.24, 2.45) is 0 Å². The second-order valence-corrected chi connectivity index (χ2v) is 7.06. The molecule has 0 aliphatic rings. The van der Waals surface area contributed by atoms with Crippen LogP contribution in [0, 0.1) is 6.92 Å². The van der Waals surface area contributed by atoms with E-state index in [4.69, 9.17) is 11.6 Å². The molecule has 1 heterocycles. The number of carbonyl (C=O) groups excluding carboxylic acids is 1. The van der Waals surface area contributed by atoms with E-state index in [0.717, 1.165) is 11.3 Å². The molecule has 21 heavy (non-hydrogen) atoms. The Hall–Kier alpha value is -1.57. The predicted molar refractivity (Wildman–Crippen MR) is 82.7 cm³/mol. The average Bonchev–Trinajstić information content (AvgIpc) is 2.83. The van der Waals surface area contributed by atoms with E-state index in [-0.39, 0.29) is 20.5 Å². The largest absolute Gasteiger partial charge is 0.465 e. The number of ether oxygens (including phenoxy) is 1. The third-order valence-corrected chi connectivity index (χ3v) is 5.76. The summed E-state index contributed by atoms with van der Waals surface area (Å²) in [6.45, 7) is 1.62. The van der Waals surface area contributed by atoms with Crippen LogP contribution >= 0.6 is 22.9 Å². The number of methoxy groups -OCH3 is 1. The molecule has 0 atom stereocenters. The predicted octanol–water partition coefficient (Wildman–Crippen LogP) is 3.30. The maximum Gasteiger partial charge on any atom is 0.349 e. The molecule has 1 aromatic heterocycles. The maximum absolute atomic E-state index is 12.5. The Balaban J connectivity index is 2.48. The summed E-state index contributed by atoms with van der Waals surface area (Å²) in [7, 11) is -2.73. The lowest BCUT2D eigenvalue weighted by atomic mass is 10.3. The van der Waals surface area contributed by atoms with Crippen LogP contribution in [0.5, 0.6) is 0 Å². The zero-order chi connectivity index (χ0) is 15.6. The van der Waals surface area contributed by atoms with Crippen molar-refractivity contribution < 1.29 is 17.9 Å². The summed E-state index contributed by atoms with van der Waals surface area (Å²) < 4.78 is 32.0. The minimum Gasteiger partial charge on any atom is -0.465 e. The van der Waals surface area contributed by atoms with Gasteiger partial charge in [0.25, 0.3) is 10.0 Å². The number of thiophene rings is 1. The Morgan fingerprint density at radius 3 is 2.62 bits per heavy atom. The van der Waals surface area contributed by atoms with Crippen LogP contribution in [-0.4, -0.2) is 21.5 Å². The second kappa shape index (κ2) is 6.05. The summed E-state index contributed by atoms with van der Waals surface area (Å²) in [5, 5.41) is 1.86. The van der Waals surface area contributed by atoms with Crippen LogP contribution in [0.1, 0.15) is 15.2 Å². The van der Waals surface area contributed by atoms with E-state index >= 15 is 0 Å². The highest BCUT2D eigenvalue weighted by Crippen LogP contribution is 2.30. The molecule has 5 nitrogen and oxygen atoms in total. The zero-order valence-electron chi connectivity index (χ0n) is 11.2. The number of anilines is 1. The lowest BCUT2D eigenvalue weighted by molar-refractivity contribution is 0.0602. The summed E-state index contributed by atoms with van der Waals surface area (Å²) in [5.74, 6) is -0.687. The molecular weight excluding hydrogens is 334 g/mol. The van der Waals surface area contributed by atoms with E-state index in [9.17, 15) is 13.2 Å². The number of hydrogen-bond acceptors (Lipinski definition) is 5. The zero-order valence-corrected chi connectivity index (χ0v) is 13.6. The molecule has 1 N–H and O–H groups in total. The van der Waals surface area contributed by atoms with E-state index < -0.39 is 16.0 Å². The lowest BCUT2D eigenvalue weighted by Crippen LogP contribution is -2.17. The van der Waals surface area contributed by atoms with Gasteiger partial charge in [-0.05, 0) is 30.0 Å². The van der Waals surface area contributed by atoms with Gasteiger partial charge in [-0.25, -0.2) is 13.2 Å². The molecule has 0 radical (unpaired) electrons. The summed E-state index contributed by atoms with van der Waals surface area (Å²) in [5.41, 5.74) is 0.723. The summed E-state index contributed by atoms with van der Waals surface area (Å²) in [6.07, 6.45) is 0. The molecule has 1 aromatic carbocycles. The number of hydrogen-bond donors (Lipinski definition) is 1. The van der Waals surface area contributed by atoms with Gasteiger partial charge in [-0.15, -0.1) is 11.3 Å². The van der Waals surface area contributed by atoms with Gasteiger partial charge in [-0.2, -0.15) is 0 Å². The Bertz CT molecular complexity index is 783. The number of sulfonamides is 1. The van der Waals surface area contributed by atoms with E-state index in [1.165, 1.54) is 7.11 Å². The van der Waals surface area contributed by atoms with Crippen molar-refractivity contribution in [1.82, 2.24) is 0 Å². The Morgan fingerprint density at radius 2 is 2.00 bits per heavy atom. The van der Waals surface area contributed by atoms with Crippen LogP contribution < -0.4 is 4.72 Å². The van der Waals surface area contributed by atoms with Crippen LogP contribution in [0.3, 0.4) is 0 Å². The van der Waals surface area contributed by atoms with Gasteiger partial charge in [0.15, 0.2) is 0 Å². The van der Waals surface area contributed by atoms with Crippen LogP contribution in [0.2, 0.25) is 5.02 Å². The number of rotatable bonds is 4. The van der Waals surface area contributed by atoms with Crippen LogP contribution in [-0.2, 0) is 14.8 Å². The smallest absolute Gasteiger partial charge is 0.349 e. The molecule has 8 heteroatoms. The molecule has 0 aliphatic carbocycles. The topological polar surface area (TPSA) is 72.5 Å². The van der Waals surface area contributed by atoms with Crippen molar-refractivity contribution in [2.45, 2.75) is 11.8 Å². The quantitative estimate of drug-likeness (QED) is 0.863. The van der Waals surface area contributed by atoms with Crippen molar-refractivity contribution >= 4 is 44.6 Å². The fourth-order valence-corrected chi connectivity index (χ4v) is 4.77. The van der Waals surface area contributed by atoms with E-state index in [1.807, 2.05) is 0 Å². The normalized spacial score (nSPS) is 11.2. The molecular formula is C13H12ClNO4S2. The molecule has 112 valence electrons. The third kappa shape index (κ3) is 3.20. The van der Waals surface area contributed by atoms with Gasteiger partial charge >= 0.3 is 5.97 Å². The van der Waals surface area contributed by atoms with Crippen molar-refractivity contribution in [3.05, 3.63) is 45.1 Å². The molecule has 0 spiro atoms. The number of esters is 1. The first-order chi connectivity index (χ1) is 9.86. The lowest BCUT2D eigenvalue weighted by Gasteiger charge is -2.10. The fourth-order valence-electron chi connectivity index (χ4n) is 1.74. The number of para-hydroxylation sites is 1. The van der Waals surface area contributed by atoms with E-state index in [1.54, 1.807) is 36.6 Å². The Kier molecular flexibility index (Phi) is 4.55. The molecule has 0 bridgehead atoms. The Morgan fingerprint density at radius 1 is 1.33 bits per heavy atom. The van der Waals surface area contributed by atoms with Gasteiger partial charge in [0.1, 0.15) is 9.77 Å². The highest BCUT2D eigenvalue weighted by Gasteiger charge is 2.28. The van der Waals surface area contributed by atoms with Crippen LogP contribution in [0.25, 0.3) is 0 Å². The monoisotopic (exact) mass is 345 g/mol. The maximum atomic E-state index is 12.5. The van der Waals surface area contributed by atoms with Crippen molar-refractivity contribution in [3.8, 4) is 0 Å². The number of aryl methyl sites for hydroxylation is 1. The van der Waals surface area contributed by atoms with Crippen molar-refractivity contribution in [2.75, 3.05) is 11.8 Å². The first kappa shape index (κ1) is 15.8. The SMILES string of the molecule is COC(=O)c1scc(C)c1S(=O)(=O)Nc1ccccc1Cl. The van der Waals surface area contributed by atoms with Crippen LogP contribution in [0.15, 0.2) is 34.5 Å². The van der Waals surface area contributed by atoms with Crippen molar-refractivity contribution in [1.29, 1.82) is 0 Å². The Labute approximate surface area is 131 Å². The summed E-state index contributed by atoms with van der Waals surface area (Å²) in [6, 6.07) is 6.46. The minimum absolute atomic E-state index is 0.0366. The van der Waals surface area contributed by atoms with Gasteiger partial charge in [0, 0.05) is 0 Å². The molecule has 0 amide bonds. The highest BCUT2D eigenvalue weighted by atomic mass is 35.5. The molecule has 0 unspecified atom stereocenters. The van der Waals surface area contributed by atoms with E-state index in [0.29, 0.717) is 5.56 Å². The van der Waals surface area contributed by atoms with Gasteiger partial charge in [0.2, 0.25) is 0 Å². The molecule has 2 aromatic rings. The minimum atomic E-state index is -3.93. The van der Waals surface area contributed by atoms with Gasteiger partial charge in [-0.3, -0.25) is 4.72 Å². The first-order valence-corrected chi connectivity index (χ1v) is 8.54. The number of benzene rings is 1. The third-order valence-electron chi connectivity index (χ3n) is 2.68. The molecule has 0 saturated heterocycles. The van der Waals surface area contributed by atoms with Crippen LogP contribution in [0.4, 0.5) is 5.69 Å². The average molecular weight is 346 g/mol. The first-order valence-electron chi connectivity index (χ1n) is 5.80. The summed E-state index contributed by atoms with van der Waals surface area (Å²) >= 11 is 6.97. The van der Waals surface area contributed by atoms with Crippen molar-refractivity contribution in [3.63, 3.8) is 0 Å². The van der Waals surface area contributed by atoms with Gasteiger partial charge < -0.3 is 4.74 Å². The van der Waals surface area contributed by atoms with Gasteiger partial charge in [0.05, 0.1) is 17.8 Å². The van der Waals surface area contributed by atoms with E-state index in [2.05, 4.69) is 9.46 Å². The standard InChI is InChI=1S/C13H12ClNO4S2/c1-8-7-20-11(13(16)19-2)12(8)21(17,18)15-10-6-4-3-5-9(10)14/h3-7,15H,1-2H3. The summed E-state index contributed by atoms with van der Waals surface area (Å²) in [4.78, 5) is 11.6. The number of halogens is 1. The second-order valence-electron chi connectivity index (χ2n) is 4.15. The molecule has 0 aliphatic heterocycles. The molecule has 2 rings (SSSR count).